The molecule has 1 heteroatoms. The highest BCUT2D eigenvalue weighted by atomic mass is 16.3. The summed E-state index contributed by atoms with van der Waals surface area (Å²) in [5.74, 6) is 0. The number of aliphatic hydroxyl groups excluding tert-OH is 1. The zero-order valence-corrected chi connectivity index (χ0v) is 8.39. The second-order valence-electron chi connectivity index (χ2n) is 3.50. The Bertz CT molecular complexity index is 81.1. The molecule has 0 aliphatic heterocycles. The van der Waals surface area contributed by atoms with Crippen molar-refractivity contribution in [3.05, 3.63) is 6.92 Å². The third-order valence-corrected chi connectivity index (χ3v) is 2.18. The highest BCUT2D eigenvalue weighted by molar-refractivity contribution is 4.56. The molecule has 0 rings (SSSR count). The van der Waals surface area contributed by atoms with Crippen LogP contribution in [0.15, 0.2) is 0 Å². The highest BCUT2D eigenvalue weighted by Gasteiger charge is 2.01. The molecule has 1 N–H and O–H groups in total. The molecule has 1 nitrogen and oxygen atoms in total. The first-order valence-corrected chi connectivity index (χ1v) is 5.28. The van der Waals surface area contributed by atoms with Crippen LogP contribution in [0.5, 0.6) is 0 Å². The molecule has 0 spiro atoms. The minimum atomic E-state index is -0.0661. The molecule has 0 aliphatic carbocycles. The first-order chi connectivity index (χ1) is 5.81. The zero-order valence-electron chi connectivity index (χ0n) is 8.39. The van der Waals surface area contributed by atoms with Gasteiger partial charge in [-0.2, -0.15) is 0 Å². The van der Waals surface area contributed by atoms with E-state index in [-0.39, 0.29) is 6.10 Å². The van der Waals surface area contributed by atoms with E-state index in [1.165, 1.54) is 25.7 Å². The SMILES string of the molecule is [CH2]CCCC(O)CCCCCC. The standard InChI is InChI=1S/C11H23O/c1-3-5-7-8-10-11(12)9-6-4-2/h11-12H,2-10H2,1H3. The van der Waals surface area contributed by atoms with Crippen molar-refractivity contribution < 1.29 is 5.11 Å². The Kier molecular flexibility index (Phi) is 9.02. The Morgan fingerprint density at radius 3 is 2.33 bits per heavy atom. The second-order valence-corrected chi connectivity index (χ2v) is 3.50. The maximum absolute atomic E-state index is 9.45. The van der Waals surface area contributed by atoms with Crippen LogP contribution in [0, 0.1) is 6.92 Å². The van der Waals surface area contributed by atoms with Gasteiger partial charge in [0.1, 0.15) is 0 Å². The van der Waals surface area contributed by atoms with E-state index in [0.717, 1.165) is 25.7 Å². The Morgan fingerprint density at radius 2 is 1.75 bits per heavy atom. The van der Waals surface area contributed by atoms with Gasteiger partial charge in [0.25, 0.3) is 0 Å². The van der Waals surface area contributed by atoms with Gasteiger partial charge in [-0.1, -0.05) is 52.4 Å². The number of unbranched alkanes of at least 4 members (excludes halogenated alkanes) is 4. The van der Waals surface area contributed by atoms with Gasteiger partial charge in [-0.15, -0.1) is 0 Å². The minimum Gasteiger partial charge on any atom is -0.393 e. The van der Waals surface area contributed by atoms with Gasteiger partial charge >= 0.3 is 0 Å². The second kappa shape index (κ2) is 9.05. The summed E-state index contributed by atoms with van der Waals surface area (Å²) < 4.78 is 0. The van der Waals surface area contributed by atoms with Crippen LogP contribution in [-0.2, 0) is 0 Å². The fraction of sp³-hybridized carbons (Fsp3) is 0.909. The maximum Gasteiger partial charge on any atom is 0.0540 e. The van der Waals surface area contributed by atoms with E-state index in [2.05, 4.69) is 13.8 Å². The van der Waals surface area contributed by atoms with E-state index in [1.807, 2.05) is 0 Å². The molecule has 12 heavy (non-hydrogen) atoms. The molecule has 1 unspecified atom stereocenters. The summed E-state index contributed by atoms with van der Waals surface area (Å²) in [4.78, 5) is 0. The molecule has 1 radical (unpaired) electrons. The third kappa shape index (κ3) is 8.06. The van der Waals surface area contributed by atoms with Gasteiger partial charge in [-0.25, -0.2) is 0 Å². The molecule has 73 valence electrons. The molecular formula is C11H23O. The Morgan fingerprint density at radius 1 is 1.08 bits per heavy atom. The zero-order chi connectivity index (χ0) is 9.23. The summed E-state index contributed by atoms with van der Waals surface area (Å²) in [6.07, 6.45) is 8.92. The minimum absolute atomic E-state index is 0.0661. The lowest BCUT2D eigenvalue weighted by Gasteiger charge is -2.08. The maximum atomic E-state index is 9.45. The van der Waals surface area contributed by atoms with Crippen LogP contribution in [0.2, 0.25) is 0 Å². The molecule has 0 aromatic heterocycles. The monoisotopic (exact) mass is 171 g/mol. The van der Waals surface area contributed by atoms with Gasteiger partial charge in [0.2, 0.25) is 0 Å². The van der Waals surface area contributed by atoms with Crippen molar-refractivity contribution in [1.82, 2.24) is 0 Å². The van der Waals surface area contributed by atoms with Crippen LogP contribution in [0.4, 0.5) is 0 Å². The van der Waals surface area contributed by atoms with Crippen molar-refractivity contribution in [3.63, 3.8) is 0 Å². The first kappa shape index (κ1) is 12.0. The fourth-order valence-electron chi connectivity index (χ4n) is 1.33. The van der Waals surface area contributed by atoms with Gasteiger partial charge < -0.3 is 5.11 Å². The van der Waals surface area contributed by atoms with Crippen molar-refractivity contribution in [2.75, 3.05) is 0 Å². The molecule has 0 saturated carbocycles. The summed E-state index contributed by atoms with van der Waals surface area (Å²) in [6.45, 7) is 5.96. The molecule has 0 aromatic rings. The lowest BCUT2D eigenvalue weighted by atomic mass is 10.1. The molecule has 0 saturated heterocycles. The Balaban J connectivity index is 3.02. The van der Waals surface area contributed by atoms with Crippen LogP contribution in [0.1, 0.15) is 58.3 Å². The van der Waals surface area contributed by atoms with Crippen LogP contribution >= 0.6 is 0 Å². The van der Waals surface area contributed by atoms with Crippen molar-refractivity contribution in [3.8, 4) is 0 Å². The van der Waals surface area contributed by atoms with Crippen molar-refractivity contribution >= 4 is 0 Å². The molecule has 0 amide bonds. The Labute approximate surface area is 77.2 Å². The van der Waals surface area contributed by atoms with E-state index in [9.17, 15) is 5.11 Å². The van der Waals surface area contributed by atoms with Gasteiger partial charge in [0.05, 0.1) is 6.10 Å². The summed E-state index contributed by atoms with van der Waals surface area (Å²) in [5, 5.41) is 9.45. The smallest absolute Gasteiger partial charge is 0.0540 e. The third-order valence-electron chi connectivity index (χ3n) is 2.18. The summed E-state index contributed by atoms with van der Waals surface area (Å²) in [7, 11) is 0. The molecule has 0 fully saturated rings. The summed E-state index contributed by atoms with van der Waals surface area (Å²) in [5.41, 5.74) is 0. The average molecular weight is 171 g/mol. The first-order valence-electron chi connectivity index (χ1n) is 5.28. The fourth-order valence-corrected chi connectivity index (χ4v) is 1.33. The quantitative estimate of drug-likeness (QED) is 0.555. The largest absolute Gasteiger partial charge is 0.393 e. The van der Waals surface area contributed by atoms with E-state index in [4.69, 9.17) is 0 Å². The van der Waals surface area contributed by atoms with Crippen molar-refractivity contribution in [1.29, 1.82) is 0 Å². The summed E-state index contributed by atoms with van der Waals surface area (Å²) >= 11 is 0. The normalized spacial score (nSPS) is 13.2. The molecule has 0 aliphatic rings. The molecule has 0 bridgehead atoms. The van der Waals surface area contributed by atoms with Crippen LogP contribution in [0.3, 0.4) is 0 Å². The highest BCUT2D eigenvalue weighted by Crippen LogP contribution is 2.09. The van der Waals surface area contributed by atoms with Gasteiger partial charge in [-0.05, 0) is 12.8 Å². The predicted octanol–water partition coefficient (Wildman–Crippen LogP) is 3.32. The number of hydrogen-bond donors (Lipinski definition) is 1. The van der Waals surface area contributed by atoms with Gasteiger partial charge in [-0.3, -0.25) is 0 Å². The molecule has 0 aromatic carbocycles. The lowest BCUT2D eigenvalue weighted by Crippen LogP contribution is -2.05. The molecular weight excluding hydrogens is 148 g/mol. The predicted molar refractivity (Wildman–Crippen MR) is 54.0 cm³/mol. The van der Waals surface area contributed by atoms with Gasteiger partial charge in [0.15, 0.2) is 0 Å². The van der Waals surface area contributed by atoms with Crippen LogP contribution < -0.4 is 0 Å². The van der Waals surface area contributed by atoms with Crippen molar-refractivity contribution in [2.24, 2.45) is 0 Å². The topological polar surface area (TPSA) is 20.2 Å². The lowest BCUT2D eigenvalue weighted by molar-refractivity contribution is 0.148. The van der Waals surface area contributed by atoms with E-state index in [1.54, 1.807) is 0 Å². The van der Waals surface area contributed by atoms with E-state index < -0.39 is 0 Å². The number of hydrogen-bond acceptors (Lipinski definition) is 1. The van der Waals surface area contributed by atoms with E-state index in [0.29, 0.717) is 0 Å². The summed E-state index contributed by atoms with van der Waals surface area (Å²) in [6, 6.07) is 0. The average Bonchev–Trinajstić information content (AvgIpc) is 2.09. The molecule has 0 heterocycles. The number of rotatable bonds is 8. The van der Waals surface area contributed by atoms with Crippen LogP contribution in [-0.4, -0.2) is 11.2 Å². The van der Waals surface area contributed by atoms with Gasteiger partial charge in [0, 0.05) is 0 Å². The molecule has 1 atom stereocenters. The Hall–Kier alpha value is -0.0400. The number of aliphatic hydroxyl groups is 1. The van der Waals surface area contributed by atoms with Crippen LogP contribution in [0.25, 0.3) is 0 Å². The van der Waals surface area contributed by atoms with E-state index >= 15 is 0 Å². The van der Waals surface area contributed by atoms with Crippen molar-refractivity contribution in [2.45, 2.75) is 64.4 Å².